The van der Waals surface area contributed by atoms with E-state index in [4.69, 9.17) is 0 Å². The number of nitrogens with zero attached hydrogens (tertiary/aromatic N) is 1. The molecule has 0 aromatic carbocycles. The predicted molar refractivity (Wildman–Crippen MR) is 87.6 cm³/mol. The van der Waals surface area contributed by atoms with Gasteiger partial charge in [0.15, 0.2) is 5.78 Å². The fourth-order valence-corrected chi connectivity index (χ4v) is 4.16. The molecular formula is C17H20N2O2S. The van der Waals surface area contributed by atoms with E-state index >= 15 is 0 Å². The smallest absolute Gasteiger partial charge is 0.271 e. The van der Waals surface area contributed by atoms with E-state index in [0.29, 0.717) is 11.3 Å². The van der Waals surface area contributed by atoms with Crippen LogP contribution in [-0.4, -0.2) is 28.1 Å². The van der Waals surface area contributed by atoms with Crippen LogP contribution in [0.2, 0.25) is 0 Å². The van der Waals surface area contributed by atoms with Gasteiger partial charge in [-0.2, -0.15) is 11.3 Å². The Kier molecular flexibility index (Phi) is 3.91. The van der Waals surface area contributed by atoms with E-state index in [9.17, 15) is 9.59 Å². The largest absolute Gasteiger partial charge is 0.354 e. The molecule has 2 aromatic rings. The molecule has 4 nitrogen and oxygen atoms in total. The highest BCUT2D eigenvalue weighted by Crippen LogP contribution is 2.34. The molecule has 0 saturated carbocycles. The van der Waals surface area contributed by atoms with Gasteiger partial charge < -0.3 is 9.88 Å². The van der Waals surface area contributed by atoms with Gasteiger partial charge in [-0.05, 0) is 61.6 Å². The number of nitrogens with one attached hydrogen (secondary N) is 1. The molecule has 3 rings (SSSR count). The zero-order valence-electron chi connectivity index (χ0n) is 13.1. The maximum Gasteiger partial charge on any atom is 0.271 e. The average molecular weight is 316 g/mol. The van der Waals surface area contributed by atoms with Crippen LogP contribution in [0.5, 0.6) is 0 Å². The van der Waals surface area contributed by atoms with Crippen molar-refractivity contribution in [3.63, 3.8) is 0 Å². The number of hydrogen-bond donors (Lipinski definition) is 1. The van der Waals surface area contributed by atoms with Crippen molar-refractivity contribution < 1.29 is 9.59 Å². The van der Waals surface area contributed by atoms with Crippen LogP contribution in [0.15, 0.2) is 16.8 Å². The second-order valence-corrected chi connectivity index (χ2v) is 6.67. The number of hydrogen-bond acceptors (Lipinski definition) is 3. The Labute approximate surface area is 134 Å². The predicted octanol–water partition coefficient (Wildman–Crippen LogP) is 3.87. The van der Waals surface area contributed by atoms with Crippen molar-refractivity contribution in [3.05, 3.63) is 44.9 Å². The highest BCUT2D eigenvalue weighted by Gasteiger charge is 2.33. The number of carbonyl (C=O) groups is 2. The number of H-pyrrole nitrogens is 1. The Bertz CT molecular complexity index is 715. The number of aromatic amines is 1. The van der Waals surface area contributed by atoms with E-state index in [1.165, 1.54) is 5.56 Å². The molecule has 1 fully saturated rings. The molecule has 0 radical (unpaired) electrons. The van der Waals surface area contributed by atoms with Gasteiger partial charge in [-0.25, -0.2) is 0 Å². The van der Waals surface area contributed by atoms with E-state index in [2.05, 4.69) is 16.4 Å². The molecule has 3 heterocycles. The average Bonchev–Trinajstić information content (AvgIpc) is 3.16. The number of amides is 1. The van der Waals surface area contributed by atoms with Gasteiger partial charge in [0.2, 0.25) is 0 Å². The van der Waals surface area contributed by atoms with E-state index in [-0.39, 0.29) is 17.7 Å². The summed E-state index contributed by atoms with van der Waals surface area (Å²) in [6.45, 7) is 6.01. The topological polar surface area (TPSA) is 53.2 Å². The molecule has 0 bridgehead atoms. The Hall–Kier alpha value is -1.88. The van der Waals surface area contributed by atoms with Crippen molar-refractivity contribution >= 4 is 23.0 Å². The van der Waals surface area contributed by atoms with Gasteiger partial charge in [0.25, 0.3) is 5.91 Å². The van der Waals surface area contributed by atoms with Gasteiger partial charge in [-0.15, -0.1) is 0 Å². The summed E-state index contributed by atoms with van der Waals surface area (Å²) in [4.78, 5) is 29.8. The maximum atomic E-state index is 12.9. The minimum absolute atomic E-state index is 0.00102. The van der Waals surface area contributed by atoms with Crippen LogP contribution in [-0.2, 0) is 0 Å². The SMILES string of the molecule is CC(=O)c1c(C)[nH]c(C(=O)N2CCCC2c2ccsc2)c1C. The van der Waals surface area contributed by atoms with E-state index in [1.807, 2.05) is 24.1 Å². The normalized spacial score (nSPS) is 18.0. The van der Waals surface area contributed by atoms with Gasteiger partial charge in [0, 0.05) is 17.8 Å². The summed E-state index contributed by atoms with van der Waals surface area (Å²) in [5, 5.41) is 4.16. The van der Waals surface area contributed by atoms with Crippen LogP contribution in [0.25, 0.3) is 0 Å². The molecule has 5 heteroatoms. The molecule has 1 aliphatic heterocycles. The van der Waals surface area contributed by atoms with Crippen molar-refractivity contribution in [2.75, 3.05) is 6.54 Å². The van der Waals surface area contributed by atoms with Crippen molar-refractivity contribution in [2.24, 2.45) is 0 Å². The Morgan fingerprint density at radius 3 is 2.73 bits per heavy atom. The quantitative estimate of drug-likeness (QED) is 0.874. The zero-order chi connectivity index (χ0) is 15.9. The number of thiophene rings is 1. The van der Waals surface area contributed by atoms with Crippen molar-refractivity contribution in [1.82, 2.24) is 9.88 Å². The number of Topliss-reactive ketones (excluding diaryl/α,β-unsaturated/α-hetero) is 1. The van der Waals surface area contributed by atoms with E-state index in [1.54, 1.807) is 18.3 Å². The number of aryl methyl sites for hydroxylation is 1. The highest BCUT2D eigenvalue weighted by molar-refractivity contribution is 7.08. The lowest BCUT2D eigenvalue weighted by Gasteiger charge is -2.24. The molecule has 1 unspecified atom stereocenters. The minimum Gasteiger partial charge on any atom is -0.354 e. The number of rotatable bonds is 3. The summed E-state index contributed by atoms with van der Waals surface area (Å²) in [6, 6.07) is 2.25. The van der Waals surface area contributed by atoms with Crippen LogP contribution in [0.3, 0.4) is 0 Å². The molecule has 0 spiro atoms. The molecule has 1 saturated heterocycles. The van der Waals surface area contributed by atoms with Gasteiger partial charge in [0.05, 0.1) is 6.04 Å². The third kappa shape index (κ3) is 2.39. The van der Waals surface area contributed by atoms with Crippen molar-refractivity contribution in [1.29, 1.82) is 0 Å². The number of aromatic nitrogens is 1. The van der Waals surface area contributed by atoms with E-state index in [0.717, 1.165) is 30.6 Å². The van der Waals surface area contributed by atoms with Gasteiger partial charge >= 0.3 is 0 Å². The summed E-state index contributed by atoms with van der Waals surface area (Å²) < 4.78 is 0. The maximum absolute atomic E-state index is 12.9. The van der Waals surface area contributed by atoms with Gasteiger partial charge in [-0.3, -0.25) is 9.59 Å². The standard InChI is InChI=1S/C17H20N2O2S/c1-10-15(12(3)20)11(2)18-16(10)17(21)19-7-4-5-14(19)13-6-8-22-9-13/h6,8-9,14,18H,4-5,7H2,1-3H3. The van der Waals surface area contributed by atoms with Crippen LogP contribution < -0.4 is 0 Å². The monoisotopic (exact) mass is 316 g/mol. The summed E-state index contributed by atoms with van der Waals surface area (Å²) in [5.41, 5.74) is 3.97. The lowest BCUT2D eigenvalue weighted by atomic mass is 10.1. The third-order valence-electron chi connectivity index (χ3n) is 4.45. The van der Waals surface area contributed by atoms with E-state index < -0.39 is 0 Å². The fourth-order valence-electron chi connectivity index (χ4n) is 3.46. The second kappa shape index (κ2) is 5.72. The summed E-state index contributed by atoms with van der Waals surface area (Å²) in [6.07, 6.45) is 2.02. The van der Waals surface area contributed by atoms with Crippen LogP contribution in [0, 0.1) is 13.8 Å². The first-order valence-corrected chi connectivity index (χ1v) is 8.48. The van der Waals surface area contributed by atoms with Crippen LogP contribution in [0.1, 0.15) is 63.5 Å². The molecule has 2 aromatic heterocycles. The first kappa shape index (κ1) is 15.0. The number of carbonyl (C=O) groups excluding carboxylic acids is 2. The van der Waals surface area contributed by atoms with Crippen LogP contribution in [0.4, 0.5) is 0 Å². The summed E-state index contributed by atoms with van der Waals surface area (Å²) in [5.74, 6) is 0.00269. The third-order valence-corrected chi connectivity index (χ3v) is 5.15. The van der Waals surface area contributed by atoms with Crippen molar-refractivity contribution in [2.45, 2.75) is 39.7 Å². The molecule has 0 aliphatic carbocycles. The number of ketones is 1. The van der Waals surface area contributed by atoms with Gasteiger partial charge in [0.1, 0.15) is 5.69 Å². The second-order valence-electron chi connectivity index (χ2n) is 5.89. The molecule has 116 valence electrons. The molecule has 1 atom stereocenters. The first-order chi connectivity index (χ1) is 10.5. The molecule has 22 heavy (non-hydrogen) atoms. The Morgan fingerprint density at radius 1 is 1.36 bits per heavy atom. The molecular weight excluding hydrogens is 296 g/mol. The first-order valence-electron chi connectivity index (χ1n) is 7.54. The summed E-state index contributed by atoms with van der Waals surface area (Å²) in [7, 11) is 0. The lowest BCUT2D eigenvalue weighted by molar-refractivity contribution is 0.0729. The molecule has 1 amide bonds. The van der Waals surface area contributed by atoms with Crippen LogP contribution >= 0.6 is 11.3 Å². The highest BCUT2D eigenvalue weighted by atomic mass is 32.1. The van der Waals surface area contributed by atoms with Gasteiger partial charge in [-0.1, -0.05) is 0 Å². The van der Waals surface area contributed by atoms with Crippen molar-refractivity contribution in [3.8, 4) is 0 Å². The fraction of sp³-hybridized carbons (Fsp3) is 0.412. The number of likely N-dealkylation sites (tertiary alicyclic amines) is 1. The summed E-state index contributed by atoms with van der Waals surface area (Å²) >= 11 is 1.66. The minimum atomic E-state index is 0.00102. The Balaban J connectivity index is 1.94. The molecule has 1 N–H and O–H groups in total. The molecule has 1 aliphatic rings. The lowest BCUT2D eigenvalue weighted by Crippen LogP contribution is -2.31. The zero-order valence-corrected chi connectivity index (χ0v) is 13.9. The Morgan fingerprint density at radius 2 is 2.14 bits per heavy atom.